The number of nitrogens with zero attached hydrogens (tertiary/aromatic N) is 4. The van der Waals surface area contributed by atoms with Gasteiger partial charge in [-0.25, -0.2) is 0 Å². The molecule has 0 saturated carbocycles. The molecule has 3 aromatic rings. The SMILES string of the molecule is COCCOc1cc2c(C3=CC=CN(Cc4cccnc4)C3)cnnc2cc1OC. The second-order valence-corrected chi connectivity index (χ2v) is 6.92. The van der Waals surface area contributed by atoms with E-state index >= 15 is 0 Å². The number of rotatable bonds is 8. The van der Waals surface area contributed by atoms with Crippen molar-refractivity contribution >= 4 is 16.5 Å². The van der Waals surface area contributed by atoms with Crippen molar-refractivity contribution in [3.63, 3.8) is 0 Å². The maximum absolute atomic E-state index is 5.87. The molecule has 0 amide bonds. The van der Waals surface area contributed by atoms with Crippen LogP contribution in [0, 0.1) is 0 Å². The number of pyridine rings is 1. The predicted octanol–water partition coefficient (Wildman–Crippen LogP) is 3.47. The van der Waals surface area contributed by atoms with Gasteiger partial charge in [0.1, 0.15) is 6.61 Å². The van der Waals surface area contributed by atoms with Gasteiger partial charge in [-0.2, -0.15) is 10.2 Å². The molecule has 3 heterocycles. The zero-order valence-corrected chi connectivity index (χ0v) is 17.1. The zero-order chi connectivity index (χ0) is 20.8. The minimum Gasteiger partial charge on any atom is -0.493 e. The van der Waals surface area contributed by atoms with E-state index in [1.807, 2.05) is 24.4 Å². The van der Waals surface area contributed by atoms with E-state index in [0.717, 1.165) is 35.1 Å². The number of methoxy groups -OCH3 is 2. The van der Waals surface area contributed by atoms with Crippen LogP contribution >= 0.6 is 0 Å². The molecule has 0 bridgehead atoms. The average molecular weight is 404 g/mol. The average Bonchev–Trinajstić information content (AvgIpc) is 2.79. The Labute approximate surface area is 175 Å². The summed E-state index contributed by atoms with van der Waals surface area (Å²) in [5.74, 6) is 1.29. The standard InChI is InChI=1S/C23H24N4O3/c1-28-9-10-30-23-11-19-20(14-25-26-21(19)12-22(23)29-2)18-6-4-8-27(16-18)15-17-5-3-7-24-13-17/h3-8,11-14H,9-10,15-16H2,1-2H3. The van der Waals surface area contributed by atoms with Crippen LogP contribution in [-0.4, -0.2) is 54.1 Å². The van der Waals surface area contributed by atoms with E-state index in [4.69, 9.17) is 14.2 Å². The van der Waals surface area contributed by atoms with Gasteiger partial charge in [0.05, 0.1) is 25.4 Å². The van der Waals surface area contributed by atoms with Gasteiger partial charge in [-0.15, -0.1) is 0 Å². The van der Waals surface area contributed by atoms with Crippen molar-refractivity contribution in [3.8, 4) is 11.5 Å². The van der Waals surface area contributed by atoms with Gasteiger partial charge in [0.25, 0.3) is 0 Å². The van der Waals surface area contributed by atoms with Crippen LogP contribution < -0.4 is 9.47 Å². The summed E-state index contributed by atoms with van der Waals surface area (Å²) in [5.41, 5.74) is 4.12. The third-order valence-electron chi connectivity index (χ3n) is 4.89. The molecule has 154 valence electrons. The molecule has 0 saturated heterocycles. The fourth-order valence-electron chi connectivity index (χ4n) is 3.44. The van der Waals surface area contributed by atoms with E-state index in [1.165, 1.54) is 5.56 Å². The van der Waals surface area contributed by atoms with E-state index in [0.29, 0.717) is 24.7 Å². The Hall–Kier alpha value is -3.45. The molecule has 30 heavy (non-hydrogen) atoms. The van der Waals surface area contributed by atoms with Crippen LogP contribution in [0.5, 0.6) is 11.5 Å². The van der Waals surface area contributed by atoms with Crippen molar-refractivity contribution in [2.24, 2.45) is 0 Å². The van der Waals surface area contributed by atoms with Crippen LogP contribution in [0.25, 0.3) is 16.5 Å². The molecule has 4 rings (SSSR count). The molecule has 1 aromatic carbocycles. The van der Waals surface area contributed by atoms with Gasteiger partial charge in [0, 0.05) is 49.6 Å². The number of hydrogen-bond donors (Lipinski definition) is 0. The minimum absolute atomic E-state index is 0.441. The first-order valence-electron chi connectivity index (χ1n) is 9.74. The van der Waals surface area contributed by atoms with Crippen LogP contribution in [0.15, 0.2) is 61.2 Å². The highest BCUT2D eigenvalue weighted by Gasteiger charge is 2.16. The summed E-state index contributed by atoms with van der Waals surface area (Å²) in [7, 11) is 3.27. The molecule has 7 nitrogen and oxygen atoms in total. The van der Waals surface area contributed by atoms with Gasteiger partial charge in [-0.3, -0.25) is 4.98 Å². The Bertz CT molecular complexity index is 1070. The zero-order valence-electron chi connectivity index (χ0n) is 17.1. The number of hydrogen-bond acceptors (Lipinski definition) is 7. The third kappa shape index (κ3) is 4.41. The Morgan fingerprint density at radius 1 is 1.10 bits per heavy atom. The van der Waals surface area contributed by atoms with Gasteiger partial charge >= 0.3 is 0 Å². The second-order valence-electron chi connectivity index (χ2n) is 6.92. The molecular formula is C23H24N4O3. The van der Waals surface area contributed by atoms with Crippen molar-refractivity contribution in [3.05, 3.63) is 72.3 Å². The van der Waals surface area contributed by atoms with E-state index in [1.54, 1.807) is 26.6 Å². The molecule has 0 atom stereocenters. The highest BCUT2D eigenvalue weighted by molar-refractivity contribution is 5.93. The summed E-state index contributed by atoms with van der Waals surface area (Å²) in [6.07, 6.45) is 11.8. The van der Waals surface area contributed by atoms with Crippen LogP contribution in [0.3, 0.4) is 0 Å². The fourth-order valence-corrected chi connectivity index (χ4v) is 3.44. The largest absolute Gasteiger partial charge is 0.493 e. The fraction of sp³-hybridized carbons (Fsp3) is 0.261. The van der Waals surface area contributed by atoms with E-state index in [9.17, 15) is 0 Å². The highest BCUT2D eigenvalue weighted by atomic mass is 16.5. The first-order valence-corrected chi connectivity index (χ1v) is 9.74. The quantitative estimate of drug-likeness (QED) is 0.533. The Kier molecular flexibility index (Phi) is 6.20. The summed E-state index contributed by atoms with van der Waals surface area (Å²) < 4.78 is 16.4. The number of ether oxygens (including phenoxy) is 3. The molecule has 0 fully saturated rings. The Morgan fingerprint density at radius 3 is 2.83 bits per heavy atom. The summed E-state index contributed by atoms with van der Waals surface area (Å²) in [4.78, 5) is 6.45. The van der Waals surface area contributed by atoms with Crippen LogP contribution in [0.4, 0.5) is 0 Å². The van der Waals surface area contributed by atoms with Gasteiger partial charge in [-0.1, -0.05) is 12.1 Å². The van der Waals surface area contributed by atoms with E-state index in [-0.39, 0.29) is 0 Å². The molecule has 1 aliphatic rings. The maximum Gasteiger partial charge on any atom is 0.162 e. The van der Waals surface area contributed by atoms with Crippen molar-refractivity contribution in [1.82, 2.24) is 20.1 Å². The monoisotopic (exact) mass is 404 g/mol. The second kappa shape index (κ2) is 9.37. The molecule has 0 N–H and O–H groups in total. The lowest BCUT2D eigenvalue weighted by Gasteiger charge is -2.25. The highest BCUT2D eigenvalue weighted by Crippen LogP contribution is 2.35. The van der Waals surface area contributed by atoms with Gasteiger partial charge in [-0.05, 0) is 35.5 Å². The number of fused-ring (bicyclic) bond motifs is 1. The molecule has 0 unspecified atom stereocenters. The number of aromatic nitrogens is 3. The molecule has 1 aliphatic heterocycles. The molecule has 0 spiro atoms. The molecule has 2 aromatic heterocycles. The molecule has 0 radical (unpaired) electrons. The number of benzene rings is 1. The summed E-state index contributed by atoms with van der Waals surface area (Å²) in [6, 6.07) is 7.87. The van der Waals surface area contributed by atoms with E-state index < -0.39 is 0 Å². The summed E-state index contributed by atoms with van der Waals surface area (Å²) in [5, 5.41) is 9.48. The van der Waals surface area contributed by atoms with E-state index in [2.05, 4.69) is 44.5 Å². The lowest BCUT2D eigenvalue weighted by atomic mass is 10.00. The molecular weight excluding hydrogens is 380 g/mol. The number of allylic oxidation sites excluding steroid dienone is 2. The van der Waals surface area contributed by atoms with Crippen molar-refractivity contribution in [1.29, 1.82) is 0 Å². The van der Waals surface area contributed by atoms with Crippen molar-refractivity contribution in [2.75, 3.05) is 34.0 Å². The van der Waals surface area contributed by atoms with Crippen molar-refractivity contribution in [2.45, 2.75) is 6.54 Å². The van der Waals surface area contributed by atoms with Crippen molar-refractivity contribution < 1.29 is 14.2 Å². The molecule has 0 aliphatic carbocycles. The maximum atomic E-state index is 5.87. The first kappa shape index (κ1) is 19.8. The third-order valence-corrected chi connectivity index (χ3v) is 4.89. The van der Waals surface area contributed by atoms with Gasteiger partial charge in [0.15, 0.2) is 11.5 Å². The summed E-state index contributed by atoms with van der Waals surface area (Å²) in [6.45, 7) is 2.49. The summed E-state index contributed by atoms with van der Waals surface area (Å²) >= 11 is 0. The minimum atomic E-state index is 0.441. The molecule has 7 heteroatoms. The normalized spacial score (nSPS) is 13.4. The topological polar surface area (TPSA) is 69.6 Å². The first-order chi connectivity index (χ1) is 14.8. The van der Waals surface area contributed by atoms with Gasteiger partial charge in [0.2, 0.25) is 0 Å². The van der Waals surface area contributed by atoms with Crippen LogP contribution in [-0.2, 0) is 11.3 Å². The van der Waals surface area contributed by atoms with Crippen LogP contribution in [0.1, 0.15) is 11.1 Å². The predicted molar refractivity (Wildman–Crippen MR) is 115 cm³/mol. The lowest BCUT2D eigenvalue weighted by molar-refractivity contribution is 0.144. The van der Waals surface area contributed by atoms with Crippen LogP contribution in [0.2, 0.25) is 0 Å². The van der Waals surface area contributed by atoms with Gasteiger partial charge < -0.3 is 19.1 Å². The lowest BCUT2D eigenvalue weighted by Crippen LogP contribution is -2.21. The Morgan fingerprint density at radius 2 is 2.03 bits per heavy atom. The smallest absolute Gasteiger partial charge is 0.162 e. The Balaban J connectivity index is 1.63.